The zero-order chi connectivity index (χ0) is 13.3. The van der Waals surface area contributed by atoms with Crippen molar-refractivity contribution >= 4 is 21.9 Å². The molecular formula is C14H16BrFO2. The van der Waals surface area contributed by atoms with Crippen LogP contribution >= 0.6 is 15.9 Å². The third kappa shape index (κ3) is 2.18. The maximum Gasteiger partial charge on any atom is 0.314 e. The number of hydrogen-bond donors (Lipinski definition) is 1. The van der Waals surface area contributed by atoms with Gasteiger partial charge in [-0.05, 0) is 43.0 Å². The highest BCUT2D eigenvalue weighted by Gasteiger charge is 2.42. The van der Waals surface area contributed by atoms with Gasteiger partial charge < -0.3 is 5.11 Å². The average molecular weight is 315 g/mol. The van der Waals surface area contributed by atoms with Gasteiger partial charge in [0.25, 0.3) is 0 Å². The normalized spacial score (nSPS) is 18.6. The van der Waals surface area contributed by atoms with Crippen LogP contribution in [-0.4, -0.2) is 11.1 Å². The van der Waals surface area contributed by atoms with E-state index in [0.717, 1.165) is 24.8 Å². The first kappa shape index (κ1) is 13.5. The monoisotopic (exact) mass is 314 g/mol. The lowest BCUT2D eigenvalue weighted by Gasteiger charge is -2.35. The summed E-state index contributed by atoms with van der Waals surface area (Å²) in [6.07, 6.45) is 4.03. The second-order valence-electron chi connectivity index (χ2n) is 5.01. The Bertz CT molecular complexity index is 479. The lowest BCUT2D eigenvalue weighted by atomic mass is 9.68. The van der Waals surface area contributed by atoms with Gasteiger partial charge in [-0.1, -0.05) is 35.2 Å². The number of rotatable bonds is 2. The Kier molecular flexibility index (Phi) is 3.76. The Hall–Kier alpha value is -0.900. The first-order valence-electron chi connectivity index (χ1n) is 6.17. The van der Waals surface area contributed by atoms with Gasteiger partial charge in [-0.2, -0.15) is 0 Å². The highest BCUT2D eigenvalue weighted by Crippen LogP contribution is 2.42. The van der Waals surface area contributed by atoms with Crippen molar-refractivity contribution in [2.24, 2.45) is 0 Å². The van der Waals surface area contributed by atoms with Crippen LogP contribution in [0, 0.1) is 12.7 Å². The van der Waals surface area contributed by atoms with E-state index in [1.807, 2.05) is 6.92 Å². The topological polar surface area (TPSA) is 37.3 Å². The van der Waals surface area contributed by atoms with E-state index >= 15 is 0 Å². The molecule has 1 aromatic carbocycles. The van der Waals surface area contributed by atoms with E-state index in [1.165, 1.54) is 12.1 Å². The van der Waals surface area contributed by atoms with Gasteiger partial charge in [0, 0.05) is 4.47 Å². The van der Waals surface area contributed by atoms with Crippen LogP contribution in [0.5, 0.6) is 0 Å². The smallest absolute Gasteiger partial charge is 0.314 e. The van der Waals surface area contributed by atoms with Crippen molar-refractivity contribution in [3.63, 3.8) is 0 Å². The average Bonchev–Trinajstić information content (AvgIpc) is 2.34. The minimum atomic E-state index is -0.910. The Balaban J connectivity index is 2.59. The zero-order valence-corrected chi connectivity index (χ0v) is 11.9. The molecule has 1 aliphatic rings. The summed E-state index contributed by atoms with van der Waals surface area (Å²) >= 11 is 3.30. The fourth-order valence-corrected chi connectivity index (χ4v) is 3.33. The Morgan fingerprint density at radius 1 is 1.33 bits per heavy atom. The van der Waals surface area contributed by atoms with Gasteiger partial charge in [0.15, 0.2) is 0 Å². The molecule has 1 aliphatic carbocycles. The molecule has 0 aromatic heterocycles. The van der Waals surface area contributed by atoms with Crippen LogP contribution in [0.4, 0.5) is 4.39 Å². The molecular weight excluding hydrogens is 299 g/mol. The van der Waals surface area contributed by atoms with Crippen LogP contribution in [0.15, 0.2) is 16.6 Å². The summed E-state index contributed by atoms with van der Waals surface area (Å²) in [6.45, 7) is 1.85. The number of halogens is 2. The van der Waals surface area contributed by atoms with Crippen LogP contribution in [-0.2, 0) is 10.2 Å². The molecule has 2 nitrogen and oxygen atoms in total. The highest BCUT2D eigenvalue weighted by molar-refractivity contribution is 9.10. The summed E-state index contributed by atoms with van der Waals surface area (Å²) in [5.41, 5.74) is 0.551. The molecule has 0 spiro atoms. The summed E-state index contributed by atoms with van der Waals surface area (Å²) in [7, 11) is 0. The van der Waals surface area contributed by atoms with E-state index in [9.17, 15) is 14.3 Å². The van der Waals surface area contributed by atoms with Crippen molar-refractivity contribution < 1.29 is 14.3 Å². The van der Waals surface area contributed by atoms with Crippen molar-refractivity contribution in [2.75, 3.05) is 0 Å². The van der Waals surface area contributed by atoms with Gasteiger partial charge in [0.1, 0.15) is 5.82 Å². The van der Waals surface area contributed by atoms with Crippen LogP contribution < -0.4 is 0 Å². The molecule has 0 amide bonds. The van der Waals surface area contributed by atoms with Crippen molar-refractivity contribution in [1.29, 1.82) is 0 Å². The van der Waals surface area contributed by atoms with Crippen molar-refractivity contribution in [3.8, 4) is 0 Å². The molecule has 1 saturated carbocycles. The van der Waals surface area contributed by atoms with Crippen LogP contribution in [0.1, 0.15) is 43.2 Å². The van der Waals surface area contributed by atoms with Gasteiger partial charge in [-0.15, -0.1) is 0 Å². The fraction of sp³-hybridized carbons (Fsp3) is 0.500. The number of aliphatic carboxylic acids is 1. The Morgan fingerprint density at radius 2 is 1.94 bits per heavy atom. The number of carboxylic acid groups (broad SMARTS) is 1. The first-order chi connectivity index (χ1) is 8.47. The van der Waals surface area contributed by atoms with Crippen LogP contribution in [0.2, 0.25) is 0 Å². The molecule has 0 saturated heterocycles. The van der Waals surface area contributed by atoms with E-state index in [2.05, 4.69) is 15.9 Å². The summed E-state index contributed by atoms with van der Waals surface area (Å²) in [5, 5.41) is 9.61. The Morgan fingerprint density at radius 3 is 2.50 bits per heavy atom. The van der Waals surface area contributed by atoms with E-state index in [4.69, 9.17) is 0 Å². The summed E-state index contributed by atoms with van der Waals surface area (Å²) in [6, 6.07) is 2.77. The molecule has 0 radical (unpaired) electrons. The molecule has 0 bridgehead atoms. The minimum Gasteiger partial charge on any atom is -0.481 e. The summed E-state index contributed by atoms with van der Waals surface area (Å²) in [4.78, 5) is 11.7. The zero-order valence-electron chi connectivity index (χ0n) is 10.3. The van der Waals surface area contributed by atoms with Crippen LogP contribution in [0.25, 0.3) is 0 Å². The maximum atomic E-state index is 13.6. The minimum absolute atomic E-state index is 0.381. The molecule has 1 fully saturated rings. The highest BCUT2D eigenvalue weighted by atomic mass is 79.9. The lowest BCUT2D eigenvalue weighted by Crippen LogP contribution is -2.38. The molecule has 1 N–H and O–H groups in total. The predicted octanol–water partition coefficient (Wildman–Crippen LogP) is 4.18. The number of carboxylic acids is 1. The van der Waals surface area contributed by atoms with E-state index in [0.29, 0.717) is 22.9 Å². The molecule has 98 valence electrons. The lowest BCUT2D eigenvalue weighted by molar-refractivity contribution is -0.145. The summed E-state index contributed by atoms with van der Waals surface area (Å²) < 4.78 is 14.2. The number of benzene rings is 1. The second-order valence-corrected chi connectivity index (χ2v) is 5.86. The maximum absolute atomic E-state index is 13.6. The predicted molar refractivity (Wildman–Crippen MR) is 71.2 cm³/mol. The standard InChI is InChI=1S/C14H16BrFO2/c1-9-11(7-10(16)8-12(9)15)14(13(17)18)5-3-2-4-6-14/h7-8H,2-6H2,1H3,(H,17,18). The van der Waals surface area contributed by atoms with Gasteiger partial charge in [-0.3, -0.25) is 4.79 Å². The SMILES string of the molecule is Cc1c(Br)cc(F)cc1C1(C(=O)O)CCCCC1. The molecule has 4 heteroatoms. The largest absolute Gasteiger partial charge is 0.481 e. The van der Waals surface area contributed by atoms with Crippen LogP contribution in [0.3, 0.4) is 0 Å². The molecule has 0 aliphatic heterocycles. The van der Waals surface area contributed by atoms with Gasteiger partial charge in [-0.25, -0.2) is 4.39 Å². The van der Waals surface area contributed by atoms with Gasteiger partial charge in [0.05, 0.1) is 5.41 Å². The molecule has 0 unspecified atom stereocenters. The fourth-order valence-electron chi connectivity index (χ4n) is 2.90. The number of hydrogen-bond acceptors (Lipinski definition) is 1. The van der Waals surface area contributed by atoms with Crippen molar-refractivity contribution in [1.82, 2.24) is 0 Å². The van der Waals surface area contributed by atoms with Gasteiger partial charge in [0.2, 0.25) is 0 Å². The van der Waals surface area contributed by atoms with E-state index < -0.39 is 11.4 Å². The van der Waals surface area contributed by atoms with E-state index in [-0.39, 0.29) is 5.82 Å². The first-order valence-corrected chi connectivity index (χ1v) is 6.96. The van der Waals surface area contributed by atoms with Crippen molar-refractivity contribution in [2.45, 2.75) is 44.4 Å². The Labute approximate surface area is 114 Å². The third-order valence-corrected chi connectivity index (χ3v) is 4.76. The molecule has 0 heterocycles. The molecule has 0 atom stereocenters. The quantitative estimate of drug-likeness (QED) is 0.889. The third-order valence-electron chi connectivity index (χ3n) is 3.94. The molecule has 1 aromatic rings. The molecule has 18 heavy (non-hydrogen) atoms. The second kappa shape index (κ2) is 5.00. The summed E-state index contributed by atoms with van der Waals surface area (Å²) in [5.74, 6) is -1.21. The molecule has 2 rings (SSSR count). The number of carbonyl (C=O) groups is 1. The van der Waals surface area contributed by atoms with E-state index in [1.54, 1.807) is 0 Å². The van der Waals surface area contributed by atoms with Crippen molar-refractivity contribution in [3.05, 3.63) is 33.5 Å². The van der Waals surface area contributed by atoms with Gasteiger partial charge >= 0.3 is 5.97 Å².